The van der Waals surface area contributed by atoms with E-state index >= 15 is 0 Å². The highest BCUT2D eigenvalue weighted by Gasteiger charge is 2.56. The molecule has 1 aromatic rings. The van der Waals surface area contributed by atoms with Crippen LogP contribution in [0.3, 0.4) is 0 Å². The summed E-state index contributed by atoms with van der Waals surface area (Å²) in [4.78, 5) is 0. The number of aliphatic hydroxyl groups excluding tert-OH is 1. The van der Waals surface area contributed by atoms with Gasteiger partial charge < -0.3 is 14.6 Å². The van der Waals surface area contributed by atoms with E-state index in [1.807, 2.05) is 0 Å². The van der Waals surface area contributed by atoms with Crippen molar-refractivity contribution in [1.29, 1.82) is 0 Å². The molecule has 3 aliphatic rings. The van der Waals surface area contributed by atoms with Crippen LogP contribution in [0.4, 0.5) is 0 Å². The Labute approximate surface area is 183 Å². The van der Waals surface area contributed by atoms with E-state index in [1.165, 1.54) is 36.8 Å². The summed E-state index contributed by atoms with van der Waals surface area (Å²) in [7, 11) is 3.54. The summed E-state index contributed by atoms with van der Waals surface area (Å²) in [5.74, 6) is 3.12. The Morgan fingerprint density at radius 2 is 1.70 bits per heavy atom. The van der Waals surface area contributed by atoms with E-state index in [1.54, 1.807) is 14.2 Å². The fourth-order valence-electron chi connectivity index (χ4n) is 5.90. The van der Waals surface area contributed by atoms with Crippen molar-refractivity contribution >= 4 is 0 Å². The van der Waals surface area contributed by atoms with E-state index in [-0.39, 0.29) is 23.4 Å². The molecule has 168 valence electrons. The number of rotatable bonds is 10. The number of benzene rings is 1. The van der Waals surface area contributed by atoms with Crippen LogP contribution in [0.5, 0.6) is 11.5 Å². The molecule has 1 aromatic carbocycles. The predicted octanol–water partition coefficient (Wildman–Crippen LogP) is 6.63. The van der Waals surface area contributed by atoms with E-state index in [9.17, 15) is 5.11 Å². The second kappa shape index (κ2) is 8.94. The number of aliphatic hydroxyl groups is 1. The maximum absolute atomic E-state index is 9.98. The van der Waals surface area contributed by atoms with E-state index in [0.717, 1.165) is 29.9 Å². The molecule has 1 fully saturated rings. The molecule has 0 aliphatic heterocycles. The normalized spacial score (nSPS) is 24.8. The Bertz CT molecular complexity index is 749. The lowest BCUT2D eigenvalue weighted by Crippen LogP contribution is -2.51. The number of methoxy groups -OCH3 is 2. The van der Waals surface area contributed by atoms with Gasteiger partial charge in [0, 0.05) is 11.5 Å². The van der Waals surface area contributed by atoms with Gasteiger partial charge in [0.15, 0.2) is 0 Å². The molecule has 4 rings (SSSR count). The van der Waals surface area contributed by atoms with Crippen LogP contribution < -0.4 is 9.47 Å². The molecule has 0 amide bonds. The van der Waals surface area contributed by atoms with E-state index in [4.69, 9.17) is 9.47 Å². The van der Waals surface area contributed by atoms with Gasteiger partial charge >= 0.3 is 0 Å². The number of unbranched alkanes of at least 4 members (excludes halogenated alkanes) is 3. The van der Waals surface area contributed by atoms with E-state index in [2.05, 4.69) is 52.8 Å². The number of allylic oxidation sites excluding steroid dienone is 1. The van der Waals surface area contributed by atoms with Gasteiger partial charge in [-0.25, -0.2) is 0 Å². The van der Waals surface area contributed by atoms with E-state index < -0.39 is 0 Å². The first-order chi connectivity index (χ1) is 14.2. The quantitative estimate of drug-likeness (QED) is 0.345. The van der Waals surface area contributed by atoms with Crippen molar-refractivity contribution in [2.75, 3.05) is 20.8 Å². The first-order valence-electron chi connectivity index (χ1n) is 11.8. The highest BCUT2D eigenvalue weighted by Crippen LogP contribution is 2.65. The molecule has 3 nitrogen and oxygen atoms in total. The van der Waals surface area contributed by atoms with Crippen molar-refractivity contribution in [2.24, 2.45) is 17.3 Å². The molecular weight excluding hydrogens is 372 g/mol. The van der Waals surface area contributed by atoms with Gasteiger partial charge in [0.1, 0.15) is 11.5 Å². The van der Waals surface area contributed by atoms with Crippen molar-refractivity contribution in [3.05, 3.63) is 34.9 Å². The monoisotopic (exact) mass is 414 g/mol. The van der Waals surface area contributed by atoms with Gasteiger partial charge in [-0.3, -0.25) is 0 Å². The summed E-state index contributed by atoms with van der Waals surface area (Å²) in [6.45, 7) is 11.7. The summed E-state index contributed by atoms with van der Waals surface area (Å²) < 4.78 is 11.9. The SMILES string of the molecule is CCCCCCC(C)(C)c1cc(OC)c([C@H]2C=C(CO)[C@H]3CC2C3(C)C)c(OC)c1. The van der Waals surface area contributed by atoms with Crippen LogP contribution in [0.2, 0.25) is 0 Å². The zero-order valence-electron chi connectivity index (χ0n) is 20.2. The predicted molar refractivity (Wildman–Crippen MR) is 125 cm³/mol. The standard InChI is InChI=1S/C27H42O3/c1-8-9-10-11-12-26(2,3)19-14-23(29-6)25(24(15-19)30-7)20-13-18(17-28)21-16-22(20)27(21,4)5/h13-15,20-22,28H,8-12,16-17H2,1-7H3/t20-,21+,22?/m0/s1. The molecule has 0 saturated heterocycles. The molecule has 1 unspecified atom stereocenters. The summed E-state index contributed by atoms with van der Waals surface area (Å²) in [5, 5.41) is 9.98. The lowest BCUT2D eigenvalue weighted by molar-refractivity contribution is -0.0260. The molecule has 0 radical (unpaired) electrons. The van der Waals surface area contributed by atoms with Gasteiger partial charge in [-0.15, -0.1) is 0 Å². The minimum Gasteiger partial charge on any atom is -0.496 e. The highest BCUT2D eigenvalue weighted by molar-refractivity contribution is 5.55. The average molecular weight is 415 g/mol. The third-order valence-corrected chi connectivity index (χ3v) is 8.11. The molecule has 30 heavy (non-hydrogen) atoms. The Morgan fingerprint density at radius 1 is 1.07 bits per heavy atom. The molecule has 0 spiro atoms. The second-order valence-electron chi connectivity index (χ2n) is 10.6. The van der Waals surface area contributed by atoms with Gasteiger partial charge in [-0.2, -0.15) is 0 Å². The molecule has 0 heterocycles. The van der Waals surface area contributed by atoms with Crippen molar-refractivity contribution in [3.63, 3.8) is 0 Å². The zero-order chi connectivity index (χ0) is 22.1. The maximum atomic E-state index is 9.98. The van der Waals surface area contributed by atoms with Crippen molar-refractivity contribution < 1.29 is 14.6 Å². The largest absolute Gasteiger partial charge is 0.496 e. The van der Waals surface area contributed by atoms with Crippen LogP contribution in [0.15, 0.2) is 23.8 Å². The Balaban J connectivity index is 1.99. The summed E-state index contributed by atoms with van der Waals surface area (Å²) in [6, 6.07) is 4.48. The van der Waals surface area contributed by atoms with Crippen LogP contribution in [0.1, 0.15) is 90.2 Å². The molecule has 0 aromatic heterocycles. The first kappa shape index (κ1) is 23.2. The minimum atomic E-state index is 0.0757. The summed E-state index contributed by atoms with van der Waals surface area (Å²) >= 11 is 0. The Kier molecular flexibility index (Phi) is 6.91. The number of hydrogen-bond donors (Lipinski definition) is 1. The van der Waals surface area contributed by atoms with Crippen LogP contribution in [0.25, 0.3) is 0 Å². The number of ether oxygens (including phenoxy) is 2. The van der Waals surface area contributed by atoms with Crippen LogP contribution in [-0.2, 0) is 5.41 Å². The van der Waals surface area contributed by atoms with Gasteiger partial charge in [-0.1, -0.05) is 66.4 Å². The third kappa shape index (κ3) is 4.02. The lowest BCUT2D eigenvalue weighted by atomic mass is 9.45. The summed E-state index contributed by atoms with van der Waals surface area (Å²) in [6.07, 6.45) is 9.70. The Morgan fingerprint density at radius 3 is 2.20 bits per heavy atom. The fourth-order valence-corrected chi connectivity index (χ4v) is 5.90. The highest BCUT2D eigenvalue weighted by atomic mass is 16.5. The van der Waals surface area contributed by atoms with Crippen molar-refractivity contribution in [2.45, 2.75) is 84.5 Å². The second-order valence-corrected chi connectivity index (χ2v) is 10.6. The van der Waals surface area contributed by atoms with Crippen molar-refractivity contribution in [3.8, 4) is 11.5 Å². The Hall–Kier alpha value is -1.48. The minimum absolute atomic E-state index is 0.0757. The van der Waals surface area contributed by atoms with Crippen LogP contribution >= 0.6 is 0 Å². The summed E-state index contributed by atoms with van der Waals surface area (Å²) in [5.41, 5.74) is 3.88. The topological polar surface area (TPSA) is 38.7 Å². The maximum Gasteiger partial charge on any atom is 0.126 e. The molecule has 2 bridgehead atoms. The van der Waals surface area contributed by atoms with Gasteiger partial charge in [0.05, 0.1) is 20.8 Å². The van der Waals surface area contributed by atoms with Gasteiger partial charge in [0.25, 0.3) is 0 Å². The fraction of sp³-hybridized carbons (Fsp3) is 0.704. The van der Waals surface area contributed by atoms with Gasteiger partial charge in [-0.05, 0) is 58.8 Å². The van der Waals surface area contributed by atoms with Crippen molar-refractivity contribution in [1.82, 2.24) is 0 Å². The number of fused-ring (bicyclic) bond motifs is 1. The van der Waals surface area contributed by atoms with Gasteiger partial charge in [0.2, 0.25) is 0 Å². The zero-order valence-corrected chi connectivity index (χ0v) is 20.2. The molecular formula is C27H42O3. The molecule has 3 aliphatic carbocycles. The van der Waals surface area contributed by atoms with E-state index in [0.29, 0.717) is 11.8 Å². The van der Waals surface area contributed by atoms with Crippen LogP contribution in [0, 0.1) is 17.3 Å². The molecule has 1 saturated carbocycles. The molecule has 3 atom stereocenters. The molecule has 1 N–H and O–H groups in total. The first-order valence-corrected chi connectivity index (χ1v) is 11.8. The third-order valence-electron chi connectivity index (χ3n) is 8.11. The number of hydrogen-bond acceptors (Lipinski definition) is 3. The average Bonchev–Trinajstić information content (AvgIpc) is 2.74. The molecule has 3 heteroatoms. The lowest BCUT2D eigenvalue weighted by Gasteiger charge is -2.59. The smallest absolute Gasteiger partial charge is 0.126 e. The van der Waals surface area contributed by atoms with Crippen LogP contribution in [-0.4, -0.2) is 25.9 Å².